The largest absolute Gasteiger partial charge is 0.512 e. The number of hydrogen-bond acceptors (Lipinski definition) is 2. The van der Waals surface area contributed by atoms with Crippen LogP contribution in [-0.2, 0) is 4.79 Å². The van der Waals surface area contributed by atoms with Crippen LogP contribution in [0.25, 0.3) is 0 Å². The molecule has 0 unspecified atom stereocenters. The van der Waals surface area contributed by atoms with Gasteiger partial charge in [0.1, 0.15) is 0 Å². The molecule has 0 rings (SSSR count). The van der Waals surface area contributed by atoms with Crippen LogP contribution in [0.2, 0.25) is 0 Å². The summed E-state index contributed by atoms with van der Waals surface area (Å²) in [5.41, 5.74) is 0. The lowest BCUT2D eigenvalue weighted by Crippen LogP contribution is -1.86. The zero-order valence-corrected chi connectivity index (χ0v) is 13.5. The van der Waals surface area contributed by atoms with Gasteiger partial charge < -0.3 is 10.2 Å². The molecule has 0 heterocycles. The molecule has 0 aromatic heterocycles. The minimum atomic E-state index is -0.992. The smallest absolute Gasteiger partial charge is 0.328 e. The molecule has 0 atom stereocenters. The lowest BCUT2D eigenvalue weighted by Gasteiger charge is -2.02. The first-order chi connectivity index (χ1) is 10.2. The molecule has 21 heavy (non-hydrogen) atoms. The second kappa shape index (κ2) is 15.1. The van der Waals surface area contributed by atoms with Crippen molar-refractivity contribution in [2.45, 2.75) is 84.0 Å². The molecule has 3 heteroatoms. The Hall–Kier alpha value is -1.25. The van der Waals surface area contributed by atoms with Gasteiger partial charge in [0.25, 0.3) is 0 Å². The van der Waals surface area contributed by atoms with Crippen molar-refractivity contribution < 1.29 is 15.0 Å². The van der Waals surface area contributed by atoms with Crippen molar-refractivity contribution in [1.82, 2.24) is 0 Å². The van der Waals surface area contributed by atoms with Gasteiger partial charge in [0.05, 0.1) is 5.76 Å². The molecule has 122 valence electrons. The van der Waals surface area contributed by atoms with Crippen molar-refractivity contribution >= 4 is 5.97 Å². The van der Waals surface area contributed by atoms with Crippen LogP contribution in [0.4, 0.5) is 0 Å². The summed E-state index contributed by atoms with van der Waals surface area (Å²) in [6.07, 6.45) is 18.6. The maximum atomic E-state index is 10.2. The Kier molecular flexibility index (Phi) is 14.2. The minimum absolute atomic E-state index is 0.267. The lowest BCUT2D eigenvalue weighted by molar-refractivity contribution is -0.131. The molecule has 0 radical (unpaired) electrons. The minimum Gasteiger partial charge on any atom is -0.512 e. The number of aliphatic hydroxyl groups is 1. The predicted octanol–water partition coefficient (Wildman–Crippen LogP) is 5.77. The van der Waals surface area contributed by atoms with Crippen LogP contribution in [0.15, 0.2) is 24.0 Å². The molecule has 0 aliphatic heterocycles. The van der Waals surface area contributed by atoms with Crippen LogP contribution in [-0.4, -0.2) is 16.2 Å². The highest BCUT2D eigenvalue weighted by Crippen LogP contribution is 2.13. The van der Waals surface area contributed by atoms with E-state index in [1.165, 1.54) is 69.9 Å². The van der Waals surface area contributed by atoms with Gasteiger partial charge in [-0.3, -0.25) is 0 Å². The van der Waals surface area contributed by atoms with E-state index in [0.717, 1.165) is 18.9 Å². The first kappa shape index (κ1) is 19.8. The third-order valence-electron chi connectivity index (χ3n) is 3.56. The van der Waals surface area contributed by atoms with Crippen LogP contribution in [0.3, 0.4) is 0 Å². The number of carboxylic acids is 1. The van der Waals surface area contributed by atoms with Crippen molar-refractivity contribution in [2.24, 2.45) is 0 Å². The zero-order chi connectivity index (χ0) is 15.8. The highest BCUT2D eigenvalue weighted by Gasteiger charge is 1.95. The highest BCUT2D eigenvalue weighted by molar-refractivity contribution is 5.80. The number of unbranched alkanes of at least 4 members (excludes halogenated alkanes) is 10. The average molecular weight is 296 g/mol. The van der Waals surface area contributed by atoms with Gasteiger partial charge >= 0.3 is 5.97 Å². The topological polar surface area (TPSA) is 57.5 Å². The normalized spacial score (nSPS) is 12.1. The molecular weight excluding hydrogens is 264 g/mol. The Labute approximate surface area is 129 Å². The molecule has 0 aromatic carbocycles. The van der Waals surface area contributed by atoms with Gasteiger partial charge in [0, 0.05) is 12.5 Å². The van der Waals surface area contributed by atoms with Crippen LogP contribution in [0.1, 0.15) is 84.0 Å². The SMILES string of the molecule is CCCCCCCCCCCCCC(O)=CC=CC(=O)O. The van der Waals surface area contributed by atoms with Gasteiger partial charge in [-0.1, -0.05) is 77.2 Å². The Morgan fingerprint density at radius 3 is 1.76 bits per heavy atom. The van der Waals surface area contributed by atoms with Crippen molar-refractivity contribution in [3.05, 3.63) is 24.0 Å². The summed E-state index contributed by atoms with van der Waals surface area (Å²) in [4.78, 5) is 10.2. The quantitative estimate of drug-likeness (QED) is 0.185. The maximum Gasteiger partial charge on any atom is 0.328 e. The van der Waals surface area contributed by atoms with Crippen molar-refractivity contribution in [3.63, 3.8) is 0 Å². The molecule has 0 bridgehead atoms. The predicted molar refractivity (Wildman–Crippen MR) is 88.6 cm³/mol. The number of rotatable bonds is 14. The summed E-state index contributed by atoms with van der Waals surface area (Å²) in [5.74, 6) is -0.725. The number of carboxylic acid groups (broad SMARTS) is 1. The summed E-state index contributed by atoms with van der Waals surface area (Å²) >= 11 is 0. The van der Waals surface area contributed by atoms with Gasteiger partial charge in [0.15, 0.2) is 0 Å². The molecule has 0 aliphatic rings. The van der Waals surface area contributed by atoms with Crippen LogP contribution >= 0.6 is 0 Å². The van der Waals surface area contributed by atoms with E-state index in [1.807, 2.05) is 0 Å². The Morgan fingerprint density at radius 2 is 1.29 bits per heavy atom. The van der Waals surface area contributed by atoms with E-state index in [0.29, 0.717) is 6.42 Å². The zero-order valence-electron chi connectivity index (χ0n) is 13.5. The third kappa shape index (κ3) is 16.7. The molecule has 0 saturated carbocycles. The highest BCUT2D eigenvalue weighted by atomic mass is 16.4. The molecule has 0 spiro atoms. The number of allylic oxidation sites excluding steroid dienone is 3. The van der Waals surface area contributed by atoms with E-state index in [1.54, 1.807) is 0 Å². The molecule has 0 aromatic rings. The third-order valence-corrected chi connectivity index (χ3v) is 3.56. The summed E-state index contributed by atoms with van der Waals surface area (Å²) in [6.45, 7) is 2.25. The summed E-state index contributed by atoms with van der Waals surface area (Å²) < 4.78 is 0. The molecule has 0 saturated heterocycles. The fourth-order valence-electron chi connectivity index (χ4n) is 2.30. The van der Waals surface area contributed by atoms with Gasteiger partial charge in [0.2, 0.25) is 0 Å². The summed E-state index contributed by atoms with van der Waals surface area (Å²) in [5, 5.41) is 17.9. The van der Waals surface area contributed by atoms with E-state index < -0.39 is 5.97 Å². The first-order valence-electron chi connectivity index (χ1n) is 8.46. The van der Waals surface area contributed by atoms with Gasteiger partial charge in [-0.2, -0.15) is 0 Å². The van der Waals surface area contributed by atoms with E-state index in [2.05, 4.69) is 6.92 Å². The molecule has 3 nitrogen and oxygen atoms in total. The van der Waals surface area contributed by atoms with Crippen molar-refractivity contribution in [2.75, 3.05) is 0 Å². The van der Waals surface area contributed by atoms with Gasteiger partial charge in [-0.05, 0) is 12.5 Å². The van der Waals surface area contributed by atoms with Crippen LogP contribution < -0.4 is 0 Å². The summed E-state index contributed by atoms with van der Waals surface area (Å²) in [6, 6.07) is 0. The fourth-order valence-corrected chi connectivity index (χ4v) is 2.30. The Balaban J connectivity index is 3.30. The summed E-state index contributed by atoms with van der Waals surface area (Å²) in [7, 11) is 0. The molecule has 2 N–H and O–H groups in total. The molecular formula is C18H32O3. The number of aliphatic carboxylic acids is 1. The van der Waals surface area contributed by atoms with E-state index in [4.69, 9.17) is 5.11 Å². The van der Waals surface area contributed by atoms with Crippen LogP contribution in [0.5, 0.6) is 0 Å². The number of carbonyl (C=O) groups is 1. The fraction of sp³-hybridized carbons (Fsp3) is 0.722. The van der Waals surface area contributed by atoms with E-state index in [9.17, 15) is 9.90 Å². The molecule has 0 amide bonds. The standard InChI is InChI=1S/C18H32O3/c1-2-3-4-5-6-7-8-9-10-11-12-14-17(19)15-13-16-18(20)21/h13,15-16,19H,2-12,14H2,1H3,(H,20,21). The second-order valence-electron chi connectivity index (χ2n) is 5.64. The van der Waals surface area contributed by atoms with E-state index >= 15 is 0 Å². The second-order valence-corrected chi connectivity index (χ2v) is 5.64. The van der Waals surface area contributed by atoms with Gasteiger partial charge in [-0.25, -0.2) is 4.79 Å². The van der Waals surface area contributed by atoms with Gasteiger partial charge in [-0.15, -0.1) is 0 Å². The van der Waals surface area contributed by atoms with E-state index in [-0.39, 0.29) is 5.76 Å². The number of hydrogen-bond donors (Lipinski definition) is 2. The lowest BCUT2D eigenvalue weighted by atomic mass is 10.0. The molecule has 0 aliphatic carbocycles. The van der Waals surface area contributed by atoms with Crippen molar-refractivity contribution in [3.8, 4) is 0 Å². The molecule has 0 fully saturated rings. The van der Waals surface area contributed by atoms with Crippen LogP contribution in [0, 0.1) is 0 Å². The first-order valence-corrected chi connectivity index (χ1v) is 8.46. The monoisotopic (exact) mass is 296 g/mol. The Bertz CT molecular complexity index is 306. The van der Waals surface area contributed by atoms with Crippen molar-refractivity contribution in [1.29, 1.82) is 0 Å². The number of aliphatic hydroxyl groups excluding tert-OH is 1. The Morgan fingerprint density at radius 1 is 0.810 bits per heavy atom. The average Bonchev–Trinajstić information content (AvgIpc) is 2.44. The maximum absolute atomic E-state index is 10.2.